The SMILES string of the molecule is C=CCC(NS(=O)(=O)c1ccc(C(N)=O)cc1)C(=O)O. The molecule has 1 rings (SSSR count). The minimum absolute atomic E-state index is 0.0477. The number of sulfonamides is 1. The number of carbonyl (C=O) groups is 2. The largest absolute Gasteiger partial charge is 0.480 e. The fraction of sp³-hybridized carbons (Fsp3) is 0.167. The number of benzene rings is 1. The second kappa shape index (κ2) is 6.31. The molecule has 20 heavy (non-hydrogen) atoms. The van der Waals surface area contributed by atoms with Gasteiger partial charge in [-0.2, -0.15) is 4.72 Å². The summed E-state index contributed by atoms with van der Waals surface area (Å²) in [4.78, 5) is 21.6. The lowest BCUT2D eigenvalue weighted by atomic mass is 10.2. The van der Waals surface area contributed by atoms with Crippen LogP contribution >= 0.6 is 0 Å². The number of hydrogen-bond donors (Lipinski definition) is 3. The smallest absolute Gasteiger partial charge is 0.322 e. The van der Waals surface area contributed by atoms with Crippen LogP contribution in [0.2, 0.25) is 0 Å². The zero-order valence-corrected chi connectivity index (χ0v) is 11.3. The van der Waals surface area contributed by atoms with Crippen molar-refractivity contribution in [1.29, 1.82) is 0 Å². The van der Waals surface area contributed by atoms with Crippen LogP contribution in [-0.2, 0) is 14.8 Å². The van der Waals surface area contributed by atoms with Crippen LogP contribution in [-0.4, -0.2) is 31.4 Å². The van der Waals surface area contributed by atoms with Gasteiger partial charge in [0.15, 0.2) is 0 Å². The molecule has 0 aliphatic rings. The lowest BCUT2D eigenvalue weighted by Crippen LogP contribution is -2.40. The Morgan fingerprint density at radius 2 is 1.90 bits per heavy atom. The summed E-state index contributed by atoms with van der Waals surface area (Å²) >= 11 is 0. The molecule has 1 amide bonds. The first-order valence-corrected chi connectivity index (χ1v) is 7.02. The van der Waals surface area contributed by atoms with Crippen molar-refractivity contribution >= 4 is 21.9 Å². The number of hydrogen-bond acceptors (Lipinski definition) is 4. The number of carbonyl (C=O) groups excluding carboxylic acids is 1. The molecule has 0 spiro atoms. The zero-order chi connectivity index (χ0) is 15.3. The van der Waals surface area contributed by atoms with E-state index < -0.39 is 27.9 Å². The minimum Gasteiger partial charge on any atom is -0.480 e. The van der Waals surface area contributed by atoms with E-state index in [1.807, 2.05) is 4.72 Å². The maximum Gasteiger partial charge on any atom is 0.322 e. The number of nitrogens with two attached hydrogens (primary N) is 1. The van der Waals surface area contributed by atoms with E-state index in [1.54, 1.807) is 0 Å². The molecule has 1 atom stereocenters. The summed E-state index contributed by atoms with van der Waals surface area (Å²) in [6.07, 6.45) is 1.26. The van der Waals surface area contributed by atoms with E-state index in [0.717, 1.165) is 0 Å². The molecule has 0 saturated heterocycles. The predicted octanol–water partition coefficient (Wildman–Crippen LogP) is 0.0931. The van der Waals surface area contributed by atoms with Gasteiger partial charge < -0.3 is 10.8 Å². The van der Waals surface area contributed by atoms with Gasteiger partial charge in [0.25, 0.3) is 0 Å². The molecule has 108 valence electrons. The molecule has 0 radical (unpaired) electrons. The lowest BCUT2D eigenvalue weighted by molar-refractivity contribution is -0.138. The van der Waals surface area contributed by atoms with E-state index in [0.29, 0.717) is 0 Å². The number of carboxylic acids is 1. The summed E-state index contributed by atoms with van der Waals surface area (Å²) in [5, 5.41) is 8.90. The van der Waals surface area contributed by atoms with Crippen molar-refractivity contribution in [3.8, 4) is 0 Å². The predicted molar refractivity (Wildman–Crippen MR) is 71.5 cm³/mol. The van der Waals surface area contributed by atoms with Crippen molar-refractivity contribution in [1.82, 2.24) is 4.72 Å². The van der Waals surface area contributed by atoms with E-state index in [2.05, 4.69) is 6.58 Å². The van der Waals surface area contributed by atoms with Crippen molar-refractivity contribution < 1.29 is 23.1 Å². The molecule has 0 aliphatic heterocycles. The van der Waals surface area contributed by atoms with Crippen LogP contribution in [0.1, 0.15) is 16.8 Å². The molecule has 1 unspecified atom stereocenters. The molecule has 0 bridgehead atoms. The van der Waals surface area contributed by atoms with Gasteiger partial charge in [0.1, 0.15) is 6.04 Å². The normalized spacial score (nSPS) is 12.6. The Bertz CT molecular complexity index is 622. The van der Waals surface area contributed by atoms with Crippen LogP contribution in [0.25, 0.3) is 0 Å². The van der Waals surface area contributed by atoms with Crippen molar-refractivity contribution in [2.45, 2.75) is 17.4 Å². The summed E-state index contributed by atoms with van der Waals surface area (Å²) in [5.41, 5.74) is 5.20. The van der Waals surface area contributed by atoms with Gasteiger partial charge >= 0.3 is 5.97 Å². The first-order valence-electron chi connectivity index (χ1n) is 5.54. The minimum atomic E-state index is -4.00. The Labute approximate surface area is 116 Å². The number of nitrogens with one attached hydrogen (secondary N) is 1. The third-order valence-corrected chi connectivity index (χ3v) is 3.93. The average Bonchev–Trinajstić information content (AvgIpc) is 2.38. The molecule has 0 fully saturated rings. The summed E-state index contributed by atoms with van der Waals surface area (Å²) in [6.45, 7) is 3.37. The van der Waals surface area contributed by atoms with E-state index in [9.17, 15) is 18.0 Å². The fourth-order valence-corrected chi connectivity index (χ4v) is 2.62. The third kappa shape index (κ3) is 3.90. The van der Waals surface area contributed by atoms with Crippen LogP contribution < -0.4 is 10.5 Å². The molecule has 4 N–H and O–H groups in total. The van der Waals surface area contributed by atoms with Gasteiger partial charge in [-0.15, -0.1) is 6.58 Å². The highest BCUT2D eigenvalue weighted by atomic mass is 32.2. The monoisotopic (exact) mass is 298 g/mol. The number of carboxylic acid groups (broad SMARTS) is 1. The van der Waals surface area contributed by atoms with E-state index >= 15 is 0 Å². The molecule has 0 saturated carbocycles. The molecule has 1 aromatic rings. The van der Waals surface area contributed by atoms with E-state index in [4.69, 9.17) is 10.8 Å². The lowest BCUT2D eigenvalue weighted by Gasteiger charge is -2.13. The Kier molecular flexibility index (Phi) is 5.00. The molecule has 8 heteroatoms. The van der Waals surface area contributed by atoms with Gasteiger partial charge in [-0.25, -0.2) is 8.42 Å². The molecule has 0 heterocycles. The molecule has 7 nitrogen and oxygen atoms in total. The van der Waals surface area contributed by atoms with E-state index in [-0.39, 0.29) is 16.9 Å². The average molecular weight is 298 g/mol. The Balaban J connectivity index is 3.00. The van der Waals surface area contributed by atoms with Crippen LogP contribution in [0.4, 0.5) is 0 Å². The maximum absolute atomic E-state index is 12.0. The van der Waals surface area contributed by atoms with Crippen LogP contribution in [0.3, 0.4) is 0 Å². The number of aliphatic carboxylic acids is 1. The number of rotatable bonds is 7. The summed E-state index contributed by atoms with van der Waals surface area (Å²) < 4.78 is 26.0. The van der Waals surface area contributed by atoms with Gasteiger partial charge in [-0.3, -0.25) is 9.59 Å². The Hall–Kier alpha value is -2.19. The first kappa shape index (κ1) is 15.9. The van der Waals surface area contributed by atoms with Gasteiger partial charge in [-0.1, -0.05) is 6.08 Å². The Morgan fingerprint density at radius 1 is 1.35 bits per heavy atom. The Morgan fingerprint density at radius 3 is 2.30 bits per heavy atom. The number of amides is 1. The van der Waals surface area contributed by atoms with Crippen molar-refractivity contribution in [3.63, 3.8) is 0 Å². The zero-order valence-electron chi connectivity index (χ0n) is 10.4. The third-order valence-electron chi connectivity index (χ3n) is 2.45. The maximum atomic E-state index is 12.0. The van der Waals surface area contributed by atoms with Gasteiger partial charge in [0, 0.05) is 5.56 Å². The van der Waals surface area contributed by atoms with Crippen LogP contribution in [0.15, 0.2) is 41.8 Å². The molecule has 0 aromatic heterocycles. The van der Waals surface area contributed by atoms with Crippen LogP contribution in [0, 0.1) is 0 Å². The van der Waals surface area contributed by atoms with Crippen molar-refractivity contribution in [3.05, 3.63) is 42.5 Å². The highest BCUT2D eigenvalue weighted by Gasteiger charge is 2.24. The molecular formula is C12H14N2O5S. The topological polar surface area (TPSA) is 127 Å². The second-order valence-corrected chi connectivity index (χ2v) is 5.64. The highest BCUT2D eigenvalue weighted by Crippen LogP contribution is 2.11. The first-order chi connectivity index (χ1) is 9.27. The van der Waals surface area contributed by atoms with Crippen LogP contribution in [0.5, 0.6) is 0 Å². The molecule has 1 aromatic carbocycles. The second-order valence-electron chi connectivity index (χ2n) is 3.93. The van der Waals surface area contributed by atoms with Crippen molar-refractivity contribution in [2.75, 3.05) is 0 Å². The highest BCUT2D eigenvalue weighted by molar-refractivity contribution is 7.89. The summed E-state index contributed by atoms with van der Waals surface area (Å²) in [6, 6.07) is 3.55. The number of primary amides is 1. The van der Waals surface area contributed by atoms with Gasteiger partial charge in [0.05, 0.1) is 4.90 Å². The van der Waals surface area contributed by atoms with Gasteiger partial charge in [0.2, 0.25) is 15.9 Å². The molecular weight excluding hydrogens is 284 g/mol. The van der Waals surface area contributed by atoms with E-state index in [1.165, 1.54) is 30.3 Å². The summed E-state index contributed by atoms with van der Waals surface area (Å²) in [5.74, 6) is -1.99. The summed E-state index contributed by atoms with van der Waals surface area (Å²) in [7, 11) is -4.00. The van der Waals surface area contributed by atoms with Gasteiger partial charge in [-0.05, 0) is 30.7 Å². The molecule has 0 aliphatic carbocycles. The van der Waals surface area contributed by atoms with Crippen molar-refractivity contribution in [2.24, 2.45) is 5.73 Å². The fourth-order valence-electron chi connectivity index (χ4n) is 1.42. The standard InChI is InChI=1S/C12H14N2O5S/c1-2-3-10(12(16)17)14-20(18,19)9-6-4-8(5-7-9)11(13)15/h2,4-7,10,14H,1,3H2,(H2,13,15)(H,16,17). The quantitative estimate of drug-likeness (QED) is 0.615.